The summed E-state index contributed by atoms with van der Waals surface area (Å²) in [4.78, 5) is 12.6. The van der Waals surface area contributed by atoms with Crippen LogP contribution in [-0.2, 0) is 0 Å². The third-order valence-corrected chi connectivity index (χ3v) is 6.15. The molecule has 0 aliphatic heterocycles. The van der Waals surface area contributed by atoms with Gasteiger partial charge in [-0.3, -0.25) is 9.36 Å². The highest BCUT2D eigenvalue weighted by Gasteiger charge is 2.25. The van der Waals surface area contributed by atoms with E-state index in [0.717, 1.165) is 21.1 Å². The number of aromatic nitrogens is 1. The number of hydrogen-bond acceptors (Lipinski definition) is 3. The third kappa shape index (κ3) is 4.16. The van der Waals surface area contributed by atoms with Crippen molar-refractivity contribution in [2.45, 2.75) is 6.04 Å². The van der Waals surface area contributed by atoms with E-state index in [-0.39, 0.29) is 17.6 Å². The van der Waals surface area contributed by atoms with Gasteiger partial charge in [0.15, 0.2) is 5.69 Å². The fraction of sp³-hybridized carbons (Fsp3) is 0.0357. The molecule has 34 heavy (non-hydrogen) atoms. The normalized spacial score (nSPS) is 11.5. The number of carbonyl (C=O) groups excluding carboxylic acids is 1. The summed E-state index contributed by atoms with van der Waals surface area (Å²) in [5.41, 5.74) is 3.49. The number of hydrogen-bond donors (Lipinski definition) is 1. The number of rotatable bonds is 5. The topological polar surface area (TPSA) is 66.9 Å². The Morgan fingerprint density at radius 2 is 1.41 bits per heavy atom. The molecule has 0 aliphatic carbocycles. The second kappa shape index (κ2) is 9.45. The Morgan fingerprint density at radius 3 is 2.06 bits per heavy atom. The zero-order valence-corrected chi connectivity index (χ0v) is 19.6. The van der Waals surface area contributed by atoms with Gasteiger partial charge in [0.05, 0.1) is 11.6 Å². The SMILES string of the molecule is O=C(N=Nc1c(O)n(C(c2ccccc2)c2ccccc2)c2ccccc12)c1cccc(Br)c1. The molecule has 0 unspecified atom stereocenters. The Bertz CT molecular complexity index is 1460. The summed E-state index contributed by atoms with van der Waals surface area (Å²) in [6.07, 6.45) is 0. The van der Waals surface area contributed by atoms with E-state index in [1.807, 2.05) is 95.6 Å². The molecule has 6 heteroatoms. The average Bonchev–Trinajstić information content (AvgIpc) is 3.15. The largest absolute Gasteiger partial charge is 0.493 e. The van der Waals surface area contributed by atoms with Crippen LogP contribution in [-0.4, -0.2) is 15.6 Å². The van der Waals surface area contributed by atoms with Crippen molar-refractivity contribution in [1.29, 1.82) is 0 Å². The van der Waals surface area contributed by atoms with Gasteiger partial charge in [0.1, 0.15) is 0 Å². The van der Waals surface area contributed by atoms with Crippen LogP contribution in [0.25, 0.3) is 10.9 Å². The van der Waals surface area contributed by atoms with Gasteiger partial charge in [-0.15, -0.1) is 10.2 Å². The molecule has 0 radical (unpaired) electrons. The fourth-order valence-electron chi connectivity index (χ4n) is 4.13. The summed E-state index contributed by atoms with van der Waals surface area (Å²) in [7, 11) is 0. The third-order valence-electron chi connectivity index (χ3n) is 5.66. The molecule has 0 saturated heterocycles. The molecule has 166 valence electrons. The molecular formula is C28H20BrN3O2. The Kier molecular flexibility index (Phi) is 6.06. The van der Waals surface area contributed by atoms with Gasteiger partial charge in [0.2, 0.25) is 5.88 Å². The number of aromatic hydroxyl groups is 1. The molecule has 4 aromatic carbocycles. The lowest BCUT2D eigenvalue weighted by Gasteiger charge is -2.22. The van der Waals surface area contributed by atoms with Crippen LogP contribution in [0.3, 0.4) is 0 Å². The summed E-state index contributed by atoms with van der Waals surface area (Å²) in [5, 5.41) is 20.3. The molecule has 5 nitrogen and oxygen atoms in total. The maximum absolute atomic E-state index is 12.6. The maximum atomic E-state index is 12.6. The molecule has 1 amide bonds. The van der Waals surface area contributed by atoms with Gasteiger partial charge in [-0.1, -0.05) is 101 Å². The van der Waals surface area contributed by atoms with Crippen LogP contribution >= 0.6 is 15.9 Å². The summed E-state index contributed by atoms with van der Waals surface area (Å²) >= 11 is 3.37. The first-order chi connectivity index (χ1) is 16.6. The molecule has 5 rings (SSSR count). The van der Waals surface area contributed by atoms with Crippen LogP contribution in [0.5, 0.6) is 5.88 Å². The van der Waals surface area contributed by atoms with Crippen LogP contribution < -0.4 is 0 Å². The van der Waals surface area contributed by atoms with Gasteiger partial charge in [-0.2, -0.15) is 0 Å². The minimum atomic E-state index is -0.486. The zero-order valence-electron chi connectivity index (χ0n) is 18.0. The van der Waals surface area contributed by atoms with E-state index in [2.05, 4.69) is 26.2 Å². The molecule has 0 fully saturated rings. The van der Waals surface area contributed by atoms with Gasteiger partial charge >= 0.3 is 0 Å². The zero-order chi connectivity index (χ0) is 23.5. The monoisotopic (exact) mass is 509 g/mol. The lowest BCUT2D eigenvalue weighted by atomic mass is 9.98. The van der Waals surface area contributed by atoms with E-state index in [1.54, 1.807) is 18.2 Å². The molecule has 1 heterocycles. The van der Waals surface area contributed by atoms with Gasteiger partial charge in [-0.05, 0) is 35.4 Å². The molecule has 0 atom stereocenters. The standard InChI is InChI=1S/C28H20BrN3O2/c29-22-15-9-14-21(18-22)27(33)31-30-25-23-16-7-8-17-24(23)32(28(25)34)26(19-10-3-1-4-11-19)20-12-5-2-6-13-20/h1-18,26,34H. The first kappa shape index (κ1) is 21.8. The maximum Gasteiger partial charge on any atom is 0.295 e. The molecule has 0 bridgehead atoms. The van der Waals surface area contributed by atoms with Crippen LogP contribution in [0.4, 0.5) is 5.69 Å². The first-order valence-corrected chi connectivity index (χ1v) is 11.6. The predicted octanol–water partition coefficient (Wildman–Crippen LogP) is 7.67. The van der Waals surface area contributed by atoms with Crippen molar-refractivity contribution < 1.29 is 9.90 Å². The van der Waals surface area contributed by atoms with Crippen molar-refractivity contribution >= 4 is 38.4 Å². The minimum Gasteiger partial charge on any atom is -0.493 e. The van der Waals surface area contributed by atoms with Crippen LogP contribution in [0, 0.1) is 0 Å². The number of azo groups is 1. The van der Waals surface area contributed by atoms with Crippen LogP contribution in [0.15, 0.2) is 124 Å². The Hall–Kier alpha value is -4.03. The molecule has 5 aromatic rings. The van der Waals surface area contributed by atoms with E-state index in [9.17, 15) is 9.90 Å². The molecule has 0 saturated carbocycles. The number of carbonyl (C=O) groups is 1. The van der Waals surface area contributed by atoms with Crippen molar-refractivity contribution in [3.05, 3.63) is 130 Å². The average molecular weight is 510 g/mol. The van der Waals surface area contributed by atoms with E-state index < -0.39 is 5.91 Å². The van der Waals surface area contributed by atoms with Crippen molar-refractivity contribution in [2.24, 2.45) is 10.2 Å². The van der Waals surface area contributed by atoms with Gasteiger partial charge in [-0.25, -0.2) is 0 Å². The van der Waals surface area contributed by atoms with E-state index in [0.29, 0.717) is 10.9 Å². The summed E-state index contributed by atoms with van der Waals surface area (Å²) in [5.74, 6) is -0.537. The highest BCUT2D eigenvalue weighted by Crippen LogP contribution is 2.44. The Balaban J connectivity index is 1.67. The fourth-order valence-corrected chi connectivity index (χ4v) is 4.53. The minimum absolute atomic E-state index is 0.0512. The number of amides is 1. The number of nitrogens with zero attached hydrogens (tertiary/aromatic N) is 3. The van der Waals surface area contributed by atoms with Crippen molar-refractivity contribution in [3.8, 4) is 5.88 Å². The van der Waals surface area contributed by atoms with Crippen molar-refractivity contribution in [1.82, 2.24) is 4.57 Å². The highest BCUT2D eigenvalue weighted by molar-refractivity contribution is 9.10. The Morgan fingerprint density at radius 1 is 0.794 bits per heavy atom. The molecule has 0 spiro atoms. The van der Waals surface area contributed by atoms with E-state index >= 15 is 0 Å². The highest BCUT2D eigenvalue weighted by atomic mass is 79.9. The van der Waals surface area contributed by atoms with Crippen molar-refractivity contribution in [2.75, 3.05) is 0 Å². The molecular weight excluding hydrogens is 490 g/mol. The summed E-state index contributed by atoms with van der Waals surface area (Å²) in [6, 6.07) is 34.2. The number of fused-ring (bicyclic) bond motifs is 1. The van der Waals surface area contributed by atoms with Crippen molar-refractivity contribution in [3.63, 3.8) is 0 Å². The van der Waals surface area contributed by atoms with E-state index in [1.165, 1.54) is 0 Å². The lowest BCUT2D eigenvalue weighted by Crippen LogP contribution is -2.11. The van der Waals surface area contributed by atoms with Gasteiger partial charge in [0, 0.05) is 15.4 Å². The molecule has 1 N–H and O–H groups in total. The van der Waals surface area contributed by atoms with Crippen LogP contribution in [0.1, 0.15) is 27.5 Å². The Labute approximate surface area is 205 Å². The van der Waals surface area contributed by atoms with Crippen LogP contribution in [0.2, 0.25) is 0 Å². The number of benzene rings is 4. The number of halogens is 1. The second-order valence-electron chi connectivity index (χ2n) is 7.80. The van der Waals surface area contributed by atoms with E-state index in [4.69, 9.17) is 0 Å². The quantitative estimate of drug-likeness (QED) is 0.247. The summed E-state index contributed by atoms with van der Waals surface area (Å²) < 4.78 is 2.62. The van der Waals surface area contributed by atoms with Gasteiger partial charge in [0.25, 0.3) is 5.91 Å². The number of para-hydroxylation sites is 1. The molecule has 1 aromatic heterocycles. The smallest absolute Gasteiger partial charge is 0.295 e. The first-order valence-electron chi connectivity index (χ1n) is 10.8. The van der Waals surface area contributed by atoms with Gasteiger partial charge < -0.3 is 5.11 Å². The second-order valence-corrected chi connectivity index (χ2v) is 8.71. The summed E-state index contributed by atoms with van der Waals surface area (Å²) in [6.45, 7) is 0. The predicted molar refractivity (Wildman–Crippen MR) is 137 cm³/mol. The lowest BCUT2D eigenvalue weighted by molar-refractivity contribution is 0.0995. The molecule has 0 aliphatic rings.